The average molecular weight is 301 g/mol. The Balaban J connectivity index is 1.73. The second kappa shape index (κ2) is 6.44. The van der Waals surface area contributed by atoms with E-state index < -0.39 is 0 Å². The number of benzene rings is 1. The Morgan fingerprint density at radius 1 is 1.18 bits per heavy atom. The van der Waals surface area contributed by atoms with Gasteiger partial charge in [0.2, 0.25) is 0 Å². The molecule has 1 aliphatic heterocycles. The fraction of sp³-hybridized carbons (Fsp3) is 0.444. The Morgan fingerprint density at radius 3 is 2.77 bits per heavy atom. The molecule has 22 heavy (non-hydrogen) atoms. The molecular weight excluding hydrogens is 278 g/mol. The molecule has 0 bridgehead atoms. The lowest BCUT2D eigenvalue weighted by atomic mass is 10.1. The Kier molecular flexibility index (Phi) is 4.39. The molecule has 4 heteroatoms. The van der Waals surface area contributed by atoms with Crippen molar-refractivity contribution in [2.24, 2.45) is 0 Å². The summed E-state index contributed by atoms with van der Waals surface area (Å²) in [6, 6.07) is 8.39. The van der Waals surface area contributed by atoms with Gasteiger partial charge in [0, 0.05) is 30.1 Å². The summed E-state index contributed by atoms with van der Waals surface area (Å²) in [4.78, 5) is 0. The molecule has 0 fully saturated rings. The quantitative estimate of drug-likeness (QED) is 0.930. The second-order valence-electron chi connectivity index (χ2n) is 5.77. The summed E-state index contributed by atoms with van der Waals surface area (Å²) >= 11 is 0. The Morgan fingerprint density at radius 2 is 2.00 bits per heavy atom. The molecule has 2 aromatic rings. The summed E-state index contributed by atoms with van der Waals surface area (Å²) in [7, 11) is 0. The van der Waals surface area contributed by atoms with Gasteiger partial charge in [-0.05, 0) is 32.9 Å². The van der Waals surface area contributed by atoms with Crippen molar-refractivity contribution in [2.75, 3.05) is 13.2 Å². The number of ether oxygens (including phenoxy) is 2. The van der Waals surface area contributed by atoms with Gasteiger partial charge in [-0.25, -0.2) is 0 Å². The maximum atomic E-state index is 5.86. The van der Waals surface area contributed by atoms with Gasteiger partial charge in [0.1, 0.15) is 11.5 Å². The maximum absolute atomic E-state index is 5.86. The van der Waals surface area contributed by atoms with Crippen molar-refractivity contribution >= 4 is 0 Å². The van der Waals surface area contributed by atoms with Crippen LogP contribution in [0, 0.1) is 13.8 Å². The van der Waals surface area contributed by atoms with Gasteiger partial charge < -0.3 is 19.2 Å². The van der Waals surface area contributed by atoms with Gasteiger partial charge in [0.05, 0.1) is 13.2 Å². The van der Waals surface area contributed by atoms with Crippen LogP contribution in [-0.2, 0) is 6.54 Å². The zero-order valence-corrected chi connectivity index (χ0v) is 13.4. The van der Waals surface area contributed by atoms with Crippen LogP contribution in [0.3, 0.4) is 0 Å². The highest BCUT2D eigenvalue weighted by atomic mass is 16.5. The van der Waals surface area contributed by atoms with Crippen LogP contribution in [0.2, 0.25) is 0 Å². The van der Waals surface area contributed by atoms with Gasteiger partial charge in [0.15, 0.2) is 11.5 Å². The predicted octanol–water partition coefficient (Wildman–Crippen LogP) is 3.91. The van der Waals surface area contributed by atoms with Crippen LogP contribution in [0.15, 0.2) is 28.7 Å². The van der Waals surface area contributed by atoms with Crippen molar-refractivity contribution in [1.29, 1.82) is 0 Å². The van der Waals surface area contributed by atoms with Crippen LogP contribution in [0.5, 0.6) is 11.5 Å². The van der Waals surface area contributed by atoms with E-state index in [0.29, 0.717) is 13.2 Å². The lowest BCUT2D eigenvalue weighted by molar-refractivity contribution is 0.295. The number of aryl methyl sites for hydroxylation is 2. The minimum atomic E-state index is 0.222. The molecule has 0 radical (unpaired) electrons. The van der Waals surface area contributed by atoms with E-state index in [9.17, 15) is 0 Å². The first kappa shape index (κ1) is 15.0. The largest absolute Gasteiger partial charge is 0.490 e. The monoisotopic (exact) mass is 301 g/mol. The molecule has 2 heterocycles. The van der Waals surface area contributed by atoms with Crippen LogP contribution < -0.4 is 14.8 Å². The molecule has 1 aromatic carbocycles. The zero-order valence-electron chi connectivity index (χ0n) is 13.4. The van der Waals surface area contributed by atoms with Gasteiger partial charge in [-0.2, -0.15) is 0 Å². The summed E-state index contributed by atoms with van der Waals surface area (Å²) in [5.74, 6) is 3.65. The Hall–Kier alpha value is -1.94. The molecule has 1 N–H and O–H groups in total. The number of hydrogen-bond acceptors (Lipinski definition) is 4. The van der Waals surface area contributed by atoms with Crippen molar-refractivity contribution in [3.05, 3.63) is 46.9 Å². The van der Waals surface area contributed by atoms with E-state index in [1.54, 1.807) is 0 Å². The first-order chi connectivity index (χ1) is 10.6. The van der Waals surface area contributed by atoms with Crippen LogP contribution in [-0.4, -0.2) is 13.2 Å². The molecular formula is C18H23NO3. The highest BCUT2D eigenvalue weighted by Gasteiger charge is 2.16. The summed E-state index contributed by atoms with van der Waals surface area (Å²) < 4.78 is 17.2. The maximum Gasteiger partial charge on any atom is 0.165 e. The molecule has 0 spiro atoms. The average Bonchev–Trinajstić information content (AvgIpc) is 2.72. The number of para-hydroxylation sites is 1. The van der Waals surface area contributed by atoms with E-state index >= 15 is 0 Å². The minimum absolute atomic E-state index is 0.222. The summed E-state index contributed by atoms with van der Waals surface area (Å²) in [6.07, 6.45) is 0.922. The fourth-order valence-corrected chi connectivity index (χ4v) is 2.85. The first-order valence-electron chi connectivity index (χ1n) is 7.83. The molecule has 118 valence electrons. The van der Waals surface area contributed by atoms with Gasteiger partial charge in [-0.3, -0.25) is 0 Å². The van der Waals surface area contributed by atoms with E-state index in [4.69, 9.17) is 13.9 Å². The fourth-order valence-electron chi connectivity index (χ4n) is 2.85. The van der Waals surface area contributed by atoms with E-state index in [0.717, 1.165) is 41.5 Å². The third-order valence-electron chi connectivity index (χ3n) is 4.00. The summed E-state index contributed by atoms with van der Waals surface area (Å²) in [5.41, 5.74) is 2.33. The molecule has 0 saturated heterocycles. The molecule has 0 amide bonds. The molecule has 0 saturated carbocycles. The van der Waals surface area contributed by atoms with Crippen molar-refractivity contribution in [3.63, 3.8) is 0 Å². The van der Waals surface area contributed by atoms with Crippen molar-refractivity contribution in [3.8, 4) is 11.5 Å². The minimum Gasteiger partial charge on any atom is -0.490 e. The molecule has 1 aliphatic rings. The van der Waals surface area contributed by atoms with Gasteiger partial charge in [-0.1, -0.05) is 12.1 Å². The lowest BCUT2D eigenvalue weighted by Crippen LogP contribution is -2.18. The molecule has 1 unspecified atom stereocenters. The van der Waals surface area contributed by atoms with Gasteiger partial charge in [0.25, 0.3) is 0 Å². The highest BCUT2D eigenvalue weighted by molar-refractivity contribution is 5.47. The predicted molar refractivity (Wildman–Crippen MR) is 85.5 cm³/mol. The number of fused-ring (bicyclic) bond motifs is 1. The van der Waals surface area contributed by atoms with E-state index in [1.807, 2.05) is 26.0 Å². The number of nitrogens with one attached hydrogen (secondary N) is 1. The van der Waals surface area contributed by atoms with Crippen molar-refractivity contribution < 1.29 is 13.9 Å². The molecule has 0 aliphatic carbocycles. The van der Waals surface area contributed by atoms with Crippen LogP contribution in [0.1, 0.15) is 42.0 Å². The molecule has 1 aromatic heterocycles. The Labute approximate surface area is 131 Å². The van der Waals surface area contributed by atoms with Gasteiger partial charge in [-0.15, -0.1) is 0 Å². The van der Waals surface area contributed by atoms with Crippen molar-refractivity contribution in [1.82, 2.24) is 5.32 Å². The van der Waals surface area contributed by atoms with Crippen LogP contribution in [0.25, 0.3) is 0 Å². The molecule has 1 atom stereocenters. The lowest BCUT2D eigenvalue weighted by Gasteiger charge is -2.16. The topological polar surface area (TPSA) is 43.6 Å². The Bertz CT molecular complexity index is 648. The number of hydrogen-bond donors (Lipinski definition) is 1. The normalized spacial score (nSPS) is 15.4. The van der Waals surface area contributed by atoms with Crippen LogP contribution >= 0.6 is 0 Å². The SMILES string of the molecule is Cc1cc(C(C)NCc2cccc3c2OCCCO3)c(C)o1. The summed E-state index contributed by atoms with van der Waals surface area (Å²) in [5, 5.41) is 3.54. The van der Waals surface area contributed by atoms with Gasteiger partial charge >= 0.3 is 0 Å². The van der Waals surface area contributed by atoms with Crippen LogP contribution in [0.4, 0.5) is 0 Å². The third-order valence-corrected chi connectivity index (χ3v) is 4.00. The van der Waals surface area contributed by atoms with E-state index in [2.05, 4.69) is 24.4 Å². The second-order valence-corrected chi connectivity index (χ2v) is 5.77. The zero-order chi connectivity index (χ0) is 15.5. The first-order valence-corrected chi connectivity index (χ1v) is 7.83. The smallest absolute Gasteiger partial charge is 0.165 e. The van der Waals surface area contributed by atoms with E-state index in [-0.39, 0.29) is 6.04 Å². The van der Waals surface area contributed by atoms with Crippen molar-refractivity contribution in [2.45, 2.75) is 39.8 Å². The molecule has 3 rings (SSSR count). The standard InChI is InChI=1S/C18H23NO3/c1-12-10-16(14(3)22-12)13(2)19-11-15-6-4-7-17-18(15)21-9-5-8-20-17/h4,6-7,10,13,19H,5,8-9,11H2,1-3H3. The number of furan rings is 1. The molecule has 4 nitrogen and oxygen atoms in total. The summed E-state index contributed by atoms with van der Waals surface area (Å²) in [6.45, 7) is 8.29. The third kappa shape index (κ3) is 3.12. The number of rotatable bonds is 4. The van der Waals surface area contributed by atoms with E-state index in [1.165, 1.54) is 5.56 Å². The highest BCUT2D eigenvalue weighted by Crippen LogP contribution is 2.33.